The molecule has 2 aromatic heterocycles. The third-order valence-corrected chi connectivity index (χ3v) is 5.33. The van der Waals surface area contributed by atoms with Crippen molar-refractivity contribution >= 4 is 5.91 Å². The summed E-state index contributed by atoms with van der Waals surface area (Å²) >= 11 is 0. The summed E-state index contributed by atoms with van der Waals surface area (Å²) in [5.41, 5.74) is 2.60. The lowest BCUT2D eigenvalue weighted by molar-refractivity contribution is 0.0923. The van der Waals surface area contributed by atoms with E-state index in [2.05, 4.69) is 15.8 Å². The van der Waals surface area contributed by atoms with E-state index in [-0.39, 0.29) is 11.9 Å². The van der Waals surface area contributed by atoms with Gasteiger partial charge in [0.25, 0.3) is 5.91 Å². The Morgan fingerprint density at radius 2 is 1.96 bits per heavy atom. The molecule has 2 unspecified atom stereocenters. The van der Waals surface area contributed by atoms with Crippen molar-refractivity contribution in [2.24, 2.45) is 0 Å². The quantitative estimate of drug-likeness (QED) is 0.907. The predicted octanol–water partition coefficient (Wildman–Crippen LogP) is 2.40. The third-order valence-electron chi connectivity index (χ3n) is 5.33. The second-order valence-corrected chi connectivity index (χ2v) is 7.20. The zero-order valence-corrected chi connectivity index (χ0v) is 14.4. The summed E-state index contributed by atoms with van der Waals surface area (Å²) in [7, 11) is 0. The monoisotopic (exact) mass is 328 g/mol. The molecular weight excluding hydrogens is 304 g/mol. The van der Waals surface area contributed by atoms with Gasteiger partial charge in [0.2, 0.25) is 0 Å². The number of fused-ring (bicyclic) bond motifs is 2. The van der Waals surface area contributed by atoms with Gasteiger partial charge in [0.15, 0.2) is 5.82 Å². The van der Waals surface area contributed by atoms with E-state index in [1.54, 1.807) is 0 Å². The van der Waals surface area contributed by atoms with E-state index in [0.29, 0.717) is 12.1 Å². The number of aryl methyl sites for hydroxylation is 2. The van der Waals surface area contributed by atoms with Crippen LogP contribution in [-0.4, -0.2) is 33.8 Å². The minimum absolute atomic E-state index is 0.0147. The average molecular weight is 328 g/mol. The first-order valence-electron chi connectivity index (χ1n) is 8.71. The molecule has 0 aliphatic carbocycles. The normalized spacial score (nSPS) is 25.9. The van der Waals surface area contributed by atoms with E-state index in [1.807, 2.05) is 37.5 Å². The fourth-order valence-electron chi connectivity index (χ4n) is 4.24. The van der Waals surface area contributed by atoms with E-state index in [0.717, 1.165) is 41.4 Å². The number of rotatable bonds is 3. The van der Waals surface area contributed by atoms with E-state index in [4.69, 9.17) is 4.52 Å². The van der Waals surface area contributed by atoms with Crippen molar-refractivity contribution in [3.05, 3.63) is 34.8 Å². The first-order valence-corrected chi connectivity index (χ1v) is 8.71. The van der Waals surface area contributed by atoms with Crippen LogP contribution < -0.4 is 10.6 Å². The Hall–Kier alpha value is -2.08. The minimum atomic E-state index is 0.0147. The number of hydrogen-bond acceptors (Lipinski definition) is 4. The van der Waals surface area contributed by atoms with Crippen LogP contribution in [0.4, 0.5) is 0 Å². The molecule has 0 saturated carbocycles. The molecule has 1 amide bonds. The maximum Gasteiger partial charge on any atom is 0.253 e. The fourth-order valence-corrected chi connectivity index (χ4v) is 4.24. The third kappa shape index (κ3) is 2.65. The molecule has 0 radical (unpaired) electrons. The summed E-state index contributed by atoms with van der Waals surface area (Å²) in [5, 5.41) is 10.9. The topological polar surface area (TPSA) is 72.1 Å². The Morgan fingerprint density at radius 1 is 1.25 bits per heavy atom. The maximum absolute atomic E-state index is 12.8. The summed E-state index contributed by atoms with van der Waals surface area (Å²) in [6.45, 7) is 5.81. The number of nitrogens with zero attached hydrogens (tertiary/aromatic N) is 2. The molecule has 0 spiro atoms. The standard InChI is InChI=1S/C18H24N4O2/c1-10-6-16(12(3)22(10)17-7-11(2)24-21-17)18(23)20-15-8-13-4-5-14(9-15)19-13/h6-7,13-15,19H,4-5,8-9H2,1-3H3,(H,20,23). The highest BCUT2D eigenvalue weighted by Crippen LogP contribution is 2.27. The zero-order valence-electron chi connectivity index (χ0n) is 14.4. The van der Waals surface area contributed by atoms with Gasteiger partial charge >= 0.3 is 0 Å². The molecule has 6 heteroatoms. The number of carbonyl (C=O) groups excluding carboxylic acids is 1. The number of piperidine rings is 1. The summed E-state index contributed by atoms with van der Waals surface area (Å²) < 4.78 is 7.14. The minimum Gasteiger partial charge on any atom is -0.360 e. The van der Waals surface area contributed by atoms with Gasteiger partial charge in [0, 0.05) is 35.6 Å². The summed E-state index contributed by atoms with van der Waals surface area (Å²) in [6, 6.07) is 5.23. The van der Waals surface area contributed by atoms with Gasteiger partial charge in [-0.15, -0.1) is 0 Å². The van der Waals surface area contributed by atoms with E-state index >= 15 is 0 Å². The van der Waals surface area contributed by atoms with Crippen molar-refractivity contribution in [2.45, 2.75) is 64.6 Å². The SMILES string of the molecule is Cc1cc(-n2c(C)cc(C(=O)NC3CC4CCC(C3)N4)c2C)no1. The van der Waals surface area contributed by atoms with Crippen LogP contribution >= 0.6 is 0 Å². The van der Waals surface area contributed by atoms with Crippen LogP contribution in [0, 0.1) is 20.8 Å². The van der Waals surface area contributed by atoms with Crippen molar-refractivity contribution in [3.8, 4) is 5.82 Å². The molecule has 2 aromatic rings. The molecule has 4 rings (SSSR count). The molecular formula is C18H24N4O2. The van der Waals surface area contributed by atoms with Crippen LogP contribution in [0.15, 0.2) is 16.7 Å². The first-order chi connectivity index (χ1) is 11.5. The lowest BCUT2D eigenvalue weighted by Crippen LogP contribution is -2.48. The Bertz CT molecular complexity index is 764. The maximum atomic E-state index is 12.8. The van der Waals surface area contributed by atoms with Crippen molar-refractivity contribution < 1.29 is 9.32 Å². The van der Waals surface area contributed by atoms with E-state index in [9.17, 15) is 4.79 Å². The van der Waals surface area contributed by atoms with Gasteiger partial charge in [-0.1, -0.05) is 5.16 Å². The van der Waals surface area contributed by atoms with Gasteiger partial charge in [-0.3, -0.25) is 9.36 Å². The number of aromatic nitrogens is 2. The van der Waals surface area contributed by atoms with Crippen LogP contribution in [0.3, 0.4) is 0 Å². The molecule has 24 heavy (non-hydrogen) atoms. The van der Waals surface area contributed by atoms with Gasteiger partial charge in [-0.25, -0.2) is 0 Å². The Balaban J connectivity index is 1.55. The molecule has 2 saturated heterocycles. The first kappa shape index (κ1) is 15.4. The summed E-state index contributed by atoms with van der Waals surface area (Å²) in [6.07, 6.45) is 4.53. The largest absolute Gasteiger partial charge is 0.360 e. The Labute approximate surface area is 141 Å². The van der Waals surface area contributed by atoms with Crippen molar-refractivity contribution in [1.29, 1.82) is 0 Å². The second kappa shape index (κ2) is 5.77. The number of amides is 1. The molecule has 2 atom stereocenters. The zero-order chi connectivity index (χ0) is 16.8. The number of hydrogen-bond donors (Lipinski definition) is 2. The molecule has 6 nitrogen and oxygen atoms in total. The van der Waals surface area contributed by atoms with Gasteiger partial charge in [0.1, 0.15) is 5.76 Å². The molecule has 2 fully saturated rings. The predicted molar refractivity (Wildman–Crippen MR) is 90.5 cm³/mol. The van der Waals surface area contributed by atoms with Crippen LogP contribution in [0.1, 0.15) is 53.2 Å². The summed E-state index contributed by atoms with van der Waals surface area (Å²) in [5.74, 6) is 1.50. The number of nitrogens with one attached hydrogen (secondary N) is 2. The highest BCUT2D eigenvalue weighted by molar-refractivity contribution is 5.96. The summed E-state index contributed by atoms with van der Waals surface area (Å²) in [4.78, 5) is 12.8. The Kier molecular flexibility index (Phi) is 3.72. The Morgan fingerprint density at radius 3 is 2.58 bits per heavy atom. The molecule has 2 aliphatic rings. The van der Waals surface area contributed by atoms with Crippen molar-refractivity contribution in [1.82, 2.24) is 20.4 Å². The van der Waals surface area contributed by atoms with E-state index < -0.39 is 0 Å². The highest BCUT2D eigenvalue weighted by atomic mass is 16.5. The molecule has 2 bridgehead atoms. The van der Waals surface area contributed by atoms with Crippen LogP contribution in [0.25, 0.3) is 5.82 Å². The lowest BCUT2D eigenvalue weighted by atomic mass is 9.99. The van der Waals surface area contributed by atoms with Gasteiger partial charge in [-0.2, -0.15) is 0 Å². The second-order valence-electron chi connectivity index (χ2n) is 7.20. The van der Waals surface area contributed by atoms with Crippen molar-refractivity contribution in [3.63, 3.8) is 0 Å². The van der Waals surface area contributed by atoms with Crippen LogP contribution in [0.2, 0.25) is 0 Å². The van der Waals surface area contributed by atoms with Gasteiger partial charge < -0.3 is 15.2 Å². The molecule has 4 heterocycles. The van der Waals surface area contributed by atoms with Crippen LogP contribution in [0.5, 0.6) is 0 Å². The highest BCUT2D eigenvalue weighted by Gasteiger charge is 2.34. The molecule has 2 N–H and O–H groups in total. The van der Waals surface area contributed by atoms with Crippen LogP contribution in [-0.2, 0) is 0 Å². The fraction of sp³-hybridized carbons (Fsp3) is 0.556. The van der Waals surface area contributed by atoms with E-state index in [1.165, 1.54) is 12.8 Å². The molecule has 0 aromatic carbocycles. The van der Waals surface area contributed by atoms with Gasteiger partial charge in [-0.05, 0) is 52.5 Å². The lowest BCUT2D eigenvalue weighted by Gasteiger charge is -2.29. The van der Waals surface area contributed by atoms with Crippen molar-refractivity contribution in [2.75, 3.05) is 0 Å². The number of carbonyl (C=O) groups is 1. The van der Waals surface area contributed by atoms with Gasteiger partial charge in [0.05, 0.1) is 5.56 Å². The molecule has 2 aliphatic heterocycles. The smallest absolute Gasteiger partial charge is 0.253 e. The average Bonchev–Trinajstić information content (AvgIpc) is 3.18. The molecule has 128 valence electrons.